The normalized spacial score (nSPS) is 18.1. The molecule has 2 atom stereocenters. The monoisotopic (exact) mass is 549 g/mol. The van der Waals surface area contributed by atoms with Crippen molar-refractivity contribution < 1.29 is 4.79 Å². The number of imidazole rings is 1. The number of nitrogens with zero attached hydrogens (tertiary/aromatic N) is 8. The van der Waals surface area contributed by atoms with Crippen molar-refractivity contribution in [2.24, 2.45) is 0 Å². The van der Waals surface area contributed by atoms with Crippen LogP contribution in [0.2, 0.25) is 0 Å². The van der Waals surface area contributed by atoms with E-state index in [0.29, 0.717) is 10.8 Å². The Kier molecular flexibility index (Phi) is 5.82. The van der Waals surface area contributed by atoms with Crippen LogP contribution in [0.4, 0.5) is 0 Å². The van der Waals surface area contributed by atoms with E-state index < -0.39 is 0 Å². The van der Waals surface area contributed by atoms with E-state index in [1.165, 1.54) is 11.3 Å². The predicted molar refractivity (Wildman–Crippen MR) is 134 cm³/mol. The first-order valence-corrected chi connectivity index (χ1v) is 12.8. The third-order valence-electron chi connectivity index (χ3n) is 6.13. The topological polar surface area (TPSA) is 116 Å². The number of rotatable bonds is 5. The van der Waals surface area contributed by atoms with Crippen molar-refractivity contribution in [1.29, 1.82) is 0 Å². The van der Waals surface area contributed by atoms with Crippen molar-refractivity contribution in [1.82, 2.24) is 44.8 Å². The Bertz CT molecular complexity index is 1480. The second-order valence-electron chi connectivity index (χ2n) is 8.36. The van der Waals surface area contributed by atoms with Gasteiger partial charge >= 0.3 is 0 Å². The molecule has 6 rings (SSSR count). The third-order valence-corrected chi connectivity index (χ3v) is 7.61. The fourth-order valence-electron chi connectivity index (χ4n) is 4.63. The van der Waals surface area contributed by atoms with E-state index in [1.54, 1.807) is 35.7 Å². The molecule has 1 saturated carbocycles. The Balaban J connectivity index is 1.38. The quantitative estimate of drug-likeness (QED) is 0.349. The van der Waals surface area contributed by atoms with E-state index in [1.807, 2.05) is 24.3 Å². The number of aromatic nitrogens is 8. The zero-order chi connectivity index (χ0) is 23.8. The van der Waals surface area contributed by atoms with Gasteiger partial charge in [-0.2, -0.15) is 0 Å². The maximum absolute atomic E-state index is 12.8. The summed E-state index contributed by atoms with van der Waals surface area (Å²) in [7, 11) is 0. The van der Waals surface area contributed by atoms with Gasteiger partial charge in [0.15, 0.2) is 16.6 Å². The minimum atomic E-state index is -0.135. The number of nitrogens with one attached hydrogen (secondary N) is 1. The number of pyridine rings is 2. The van der Waals surface area contributed by atoms with Crippen molar-refractivity contribution >= 4 is 44.2 Å². The number of carbonyl (C=O) groups excluding carboxylic acids is 1. The summed E-state index contributed by atoms with van der Waals surface area (Å²) in [5.41, 5.74) is 2.53. The smallest absolute Gasteiger partial charge is 0.280 e. The first kappa shape index (κ1) is 22.0. The minimum absolute atomic E-state index is 0.0366. The molecule has 0 unspecified atom stereocenters. The molecule has 5 aromatic heterocycles. The Hall–Kier alpha value is -3.51. The number of hydrogen-bond acceptors (Lipinski definition) is 8. The summed E-state index contributed by atoms with van der Waals surface area (Å²) in [6, 6.07) is 7.97. The lowest BCUT2D eigenvalue weighted by atomic mass is 9.90. The summed E-state index contributed by atoms with van der Waals surface area (Å²) in [6.45, 7) is 0. The summed E-state index contributed by atoms with van der Waals surface area (Å²) < 4.78 is 4.72. The van der Waals surface area contributed by atoms with Gasteiger partial charge in [-0.05, 0) is 53.7 Å². The van der Waals surface area contributed by atoms with Gasteiger partial charge in [-0.3, -0.25) is 9.78 Å². The molecular weight excluding hydrogens is 530 g/mol. The first-order chi connectivity index (χ1) is 17.2. The number of fused-ring (bicyclic) bond motifs is 1. The van der Waals surface area contributed by atoms with Crippen molar-refractivity contribution in [3.05, 3.63) is 64.0 Å². The molecule has 176 valence electrons. The summed E-state index contributed by atoms with van der Waals surface area (Å²) in [4.78, 5) is 31.0. The van der Waals surface area contributed by atoms with Gasteiger partial charge < -0.3 is 9.88 Å². The van der Waals surface area contributed by atoms with Crippen molar-refractivity contribution in [2.45, 2.75) is 37.8 Å². The number of hydrogen-bond donors (Lipinski definition) is 1. The number of thiazole rings is 1. The van der Waals surface area contributed by atoms with Crippen molar-refractivity contribution in [3.63, 3.8) is 0 Å². The van der Waals surface area contributed by atoms with Gasteiger partial charge in [0.05, 0.1) is 34.1 Å². The molecule has 0 saturated heterocycles. The lowest BCUT2D eigenvalue weighted by Crippen LogP contribution is -2.39. The summed E-state index contributed by atoms with van der Waals surface area (Å²) in [5, 5.41) is 11.6. The Morgan fingerprint density at radius 1 is 1.14 bits per heavy atom. The second-order valence-corrected chi connectivity index (χ2v) is 10.8. The van der Waals surface area contributed by atoms with Crippen LogP contribution in [0.1, 0.15) is 41.5 Å². The number of amides is 1. The lowest BCUT2D eigenvalue weighted by molar-refractivity contribution is 0.0920. The van der Waals surface area contributed by atoms with Gasteiger partial charge in [0, 0.05) is 24.3 Å². The summed E-state index contributed by atoms with van der Waals surface area (Å²) in [6.07, 6.45) is 12.2. The van der Waals surface area contributed by atoms with Gasteiger partial charge in [-0.1, -0.05) is 11.3 Å². The van der Waals surface area contributed by atoms with E-state index in [2.05, 4.69) is 51.1 Å². The molecule has 5 heterocycles. The van der Waals surface area contributed by atoms with Crippen molar-refractivity contribution in [2.75, 3.05) is 0 Å². The number of halogens is 1. The molecule has 0 aromatic carbocycles. The first-order valence-electron chi connectivity index (χ1n) is 11.2. The SMILES string of the molecule is O=C(N[C@H]1CCC[C@@H](n2c(-c3ccccn3)nc3cnc(-n4ccnn4)cc32)C1)c1ncc(Br)s1. The molecule has 1 fully saturated rings. The van der Waals surface area contributed by atoms with Crippen LogP contribution < -0.4 is 5.32 Å². The summed E-state index contributed by atoms with van der Waals surface area (Å²) >= 11 is 4.71. The highest BCUT2D eigenvalue weighted by molar-refractivity contribution is 9.11. The Morgan fingerprint density at radius 2 is 2.09 bits per heavy atom. The largest absolute Gasteiger partial charge is 0.347 e. The standard InChI is InChI=1S/C23H20BrN9OS/c24-19-13-27-23(35-19)22(34)29-14-4-3-5-15(10-14)33-18-11-20(32-9-8-28-31-32)26-12-17(18)30-21(33)16-6-1-2-7-25-16/h1-2,6-9,11-15H,3-5,10H2,(H,29,34)/t14-,15+/m0/s1. The average Bonchev–Trinajstić information content (AvgIpc) is 3.64. The van der Waals surface area contributed by atoms with E-state index >= 15 is 0 Å². The van der Waals surface area contributed by atoms with Crippen LogP contribution in [-0.2, 0) is 0 Å². The average molecular weight is 550 g/mol. The van der Waals surface area contributed by atoms with Crippen LogP contribution in [0.3, 0.4) is 0 Å². The molecule has 1 N–H and O–H groups in total. The minimum Gasteiger partial charge on any atom is -0.347 e. The third kappa shape index (κ3) is 4.34. The predicted octanol–water partition coefficient (Wildman–Crippen LogP) is 4.21. The fraction of sp³-hybridized carbons (Fsp3) is 0.261. The van der Waals surface area contributed by atoms with Crippen LogP contribution >= 0.6 is 27.3 Å². The molecule has 12 heteroatoms. The Labute approximate surface area is 212 Å². The molecule has 0 radical (unpaired) electrons. The van der Waals surface area contributed by atoms with Crippen LogP contribution in [0.25, 0.3) is 28.4 Å². The molecule has 10 nitrogen and oxygen atoms in total. The highest BCUT2D eigenvalue weighted by atomic mass is 79.9. The molecule has 0 aliphatic heterocycles. The molecule has 5 aromatic rings. The van der Waals surface area contributed by atoms with Gasteiger partial charge in [0.25, 0.3) is 5.91 Å². The van der Waals surface area contributed by atoms with Gasteiger partial charge in [0.1, 0.15) is 11.2 Å². The maximum Gasteiger partial charge on any atom is 0.280 e. The second kappa shape index (κ2) is 9.27. The van der Waals surface area contributed by atoms with Gasteiger partial charge in [-0.15, -0.1) is 16.4 Å². The molecule has 1 aliphatic rings. The van der Waals surface area contributed by atoms with E-state index in [0.717, 1.165) is 52.0 Å². The van der Waals surface area contributed by atoms with Gasteiger partial charge in [0.2, 0.25) is 0 Å². The zero-order valence-corrected chi connectivity index (χ0v) is 20.9. The highest BCUT2D eigenvalue weighted by Gasteiger charge is 2.29. The van der Waals surface area contributed by atoms with Crippen LogP contribution in [0.5, 0.6) is 0 Å². The molecule has 0 bridgehead atoms. The van der Waals surface area contributed by atoms with Crippen LogP contribution in [0.15, 0.2) is 59.0 Å². The van der Waals surface area contributed by atoms with E-state index in [4.69, 9.17) is 4.98 Å². The number of carbonyl (C=O) groups is 1. The van der Waals surface area contributed by atoms with Crippen LogP contribution in [-0.4, -0.2) is 51.4 Å². The van der Waals surface area contributed by atoms with Crippen LogP contribution in [0, 0.1) is 0 Å². The van der Waals surface area contributed by atoms with E-state index in [-0.39, 0.29) is 18.0 Å². The summed E-state index contributed by atoms with van der Waals surface area (Å²) in [5.74, 6) is 1.32. The maximum atomic E-state index is 12.8. The molecular formula is C23H20BrN9OS. The molecule has 1 aliphatic carbocycles. The molecule has 0 spiro atoms. The van der Waals surface area contributed by atoms with Crippen molar-refractivity contribution in [3.8, 4) is 17.3 Å². The molecule has 35 heavy (non-hydrogen) atoms. The Morgan fingerprint density at radius 3 is 2.86 bits per heavy atom. The lowest BCUT2D eigenvalue weighted by Gasteiger charge is -2.31. The fourth-order valence-corrected chi connectivity index (χ4v) is 5.73. The molecule has 1 amide bonds. The van der Waals surface area contributed by atoms with E-state index in [9.17, 15) is 4.79 Å². The van der Waals surface area contributed by atoms with Gasteiger partial charge in [-0.25, -0.2) is 19.6 Å². The zero-order valence-electron chi connectivity index (χ0n) is 18.5. The highest BCUT2D eigenvalue weighted by Crippen LogP contribution is 2.36.